The van der Waals surface area contributed by atoms with Gasteiger partial charge in [0, 0.05) is 30.0 Å². The van der Waals surface area contributed by atoms with Crippen molar-refractivity contribution in [1.29, 1.82) is 0 Å². The molecule has 0 atom stereocenters. The van der Waals surface area contributed by atoms with Gasteiger partial charge in [-0.3, -0.25) is 9.59 Å². The first-order valence-corrected chi connectivity index (χ1v) is 8.23. The van der Waals surface area contributed by atoms with Crippen molar-refractivity contribution in [2.45, 2.75) is 37.5 Å². The molecule has 4 heteroatoms. The quantitative estimate of drug-likeness (QED) is 0.616. The third-order valence-electron chi connectivity index (χ3n) is 3.57. The van der Waals surface area contributed by atoms with E-state index in [2.05, 4.69) is 0 Å². The Morgan fingerprint density at radius 2 is 1.75 bits per heavy atom. The summed E-state index contributed by atoms with van der Waals surface area (Å²) in [5, 5.41) is 0. The number of likely N-dealkylation sites (tertiary alicyclic amines) is 1. The third-order valence-corrected chi connectivity index (χ3v) is 4.57. The number of benzene rings is 1. The molecule has 1 fully saturated rings. The van der Waals surface area contributed by atoms with Crippen LogP contribution in [-0.2, 0) is 4.79 Å². The highest BCUT2D eigenvalue weighted by molar-refractivity contribution is 8.00. The van der Waals surface area contributed by atoms with Crippen molar-refractivity contribution >= 4 is 23.5 Å². The van der Waals surface area contributed by atoms with Crippen LogP contribution >= 0.6 is 11.8 Å². The summed E-state index contributed by atoms with van der Waals surface area (Å²) < 4.78 is 0. The number of amides is 1. The Bertz CT molecular complexity index is 464. The Balaban J connectivity index is 1.84. The first kappa shape index (κ1) is 15.1. The number of nitrogens with zero attached hydrogens (tertiary/aromatic N) is 1. The van der Waals surface area contributed by atoms with Crippen molar-refractivity contribution in [3.63, 3.8) is 0 Å². The molecule has 0 bridgehead atoms. The van der Waals surface area contributed by atoms with E-state index in [1.165, 1.54) is 6.42 Å². The molecule has 1 heterocycles. The van der Waals surface area contributed by atoms with Crippen molar-refractivity contribution in [2.24, 2.45) is 0 Å². The van der Waals surface area contributed by atoms with Gasteiger partial charge in [-0.05, 0) is 31.4 Å². The molecule has 0 unspecified atom stereocenters. The summed E-state index contributed by atoms with van der Waals surface area (Å²) in [5.41, 5.74) is 0.749. The van der Waals surface area contributed by atoms with E-state index in [9.17, 15) is 9.59 Å². The van der Waals surface area contributed by atoms with Crippen molar-refractivity contribution < 1.29 is 9.59 Å². The predicted molar refractivity (Wildman–Crippen MR) is 82.2 cm³/mol. The fourth-order valence-corrected chi connectivity index (χ4v) is 3.12. The van der Waals surface area contributed by atoms with E-state index in [0.29, 0.717) is 12.2 Å². The highest BCUT2D eigenvalue weighted by Crippen LogP contribution is 2.20. The summed E-state index contributed by atoms with van der Waals surface area (Å²) in [7, 11) is 0. The van der Waals surface area contributed by atoms with Gasteiger partial charge >= 0.3 is 0 Å². The number of piperidine rings is 1. The number of ketones is 1. The smallest absolute Gasteiger partial charge is 0.232 e. The molecule has 0 aliphatic carbocycles. The Hall–Kier alpha value is -1.29. The summed E-state index contributed by atoms with van der Waals surface area (Å²) in [6.45, 7) is 3.68. The second-order valence-corrected chi connectivity index (χ2v) is 6.08. The lowest BCUT2D eigenvalue weighted by Crippen LogP contribution is -2.36. The molecule has 0 saturated carbocycles. The van der Waals surface area contributed by atoms with Gasteiger partial charge in [-0.1, -0.05) is 19.1 Å². The molecule has 0 spiro atoms. The Morgan fingerprint density at radius 3 is 2.35 bits per heavy atom. The normalized spacial score (nSPS) is 15.2. The van der Waals surface area contributed by atoms with Gasteiger partial charge in [0.05, 0.1) is 5.75 Å². The first-order valence-electron chi connectivity index (χ1n) is 7.24. The monoisotopic (exact) mass is 291 g/mol. The van der Waals surface area contributed by atoms with Gasteiger partial charge < -0.3 is 4.90 Å². The maximum Gasteiger partial charge on any atom is 0.232 e. The van der Waals surface area contributed by atoms with Crippen LogP contribution in [0.4, 0.5) is 0 Å². The molecule has 0 aromatic heterocycles. The number of hydrogen-bond acceptors (Lipinski definition) is 3. The summed E-state index contributed by atoms with van der Waals surface area (Å²) in [6, 6.07) is 7.55. The molecule has 0 N–H and O–H groups in total. The lowest BCUT2D eigenvalue weighted by atomic mass is 10.1. The SMILES string of the molecule is CCC(=O)c1ccc(SCC(=O)N2CCCCC2)cc1. The van der Waals surface area contributed by atoms with Gasteiger partial charge in [0.1, 0.15) is 0 Å². The molecule has 20 heavy (non-hydrogen) atoms. The summed E-state index contributed by atoms with van der Waals surface area (Å²) in [6.07, 6.45) is 4.03. The van der Waals surface area contributed by atoms with Crippen molar-refractivity contribution in [3.05, 3.63) is 29.8 Å². The molecule has 2 rings (SSSR count). The number of rotatable bonds is 5. The zero-order valence-electron chi connectivity index (χ0n) is 11.9. The molecule has 1 aliphatic rings. The van der Waals surface area contributed by atoms with Gasteiger partial charge in [0.15, 0.2) is 5.78 Å². The average molecular weight is 291 g/mol. The fraction of sp³-hybridized carbons (Fsp3) is 0.500. The molecular formula is C16H21NO2S. The number of carbonyl (C=O) groups is 2. The molecule has 0 radical (unpaired) electrons. The second kappa shape index (κ2) is 7.48. The van der Waals surface area contributed by atoms with Crippen LogP contribution < -0.4 is 0 Å². The standard InChI is InChI=1S/C16H21NO2S/c1-2-15(18)13-6-8-14(9-7-13)20-12-16(19)17-10-4-3-5-11-17/h6-9H,2-5,10-12H2,1H3. The van der Waals surface area contributed by atoms with Crippen LogP contribution in [0.15, 0.2) is 29.2 Å². The van der Waals surface area contributed by atoms with Crippen LogP contribution in [0.3, 0.4) is 0 Å². The predicted octanol–water partition coefficient (Wildman–Crippen LogP) is 3.38. The van der Waals surface area contributed by atoms with E-state index in [0.717, 1.165) is 36.4 Å². The van der Waals surface area contributed by atoms with E-state index in [-0.39, 0.29) is 11.7 Å². The van der Waals surface area contributed by atoms with Gasteiger partial charge in [-0.2, -0.15) is 0 Å². The molecule has 3 nitrogen and oxygen atoms in total. The van der Waals surface area contributed by atoms with E-state index >= 15 is 0 Å². The van der Waals surface area contributed by atoms with E-state index in [1.54, 1.807) is 11.8 Å². The van der Waals surface area contributed by atoms with Gasteiger partial charge in [-0.25, -0.2) is 0 Å². The minimum Gasteiger partial charge on any atom is -0.342 e. The zero-order valence-corrected chi connectivity index (χ0v) is 12.7. The molecule has 1 aromatic rings. The van der Waals surface area contributed by atoms with Crippen LogP contribution in [0.1, 0.15) is 43.0 Å². The van der Waals surface area contributed by atoms with E-state index in [1.807, 2.05) is 36.1 Å². The summed E-state index contributed by atoms with van der Waals surface area (Å²) in [5.74, 6) is 0.871. The zero-order chi connectivity index (χ0) is 14.4. The van der Waals surface area contributed by atoms with E-state index < -0.39 is 0 Å². The number of thioether (sulfide) groups is 1. The van der Waals surface area contributed by atoms with Crippen LogP contribution in [0, 0.1) is 0 Å². The van der Waals surface area contributed by atoms with Crippen LogP contribution in [0.2, 0.25) is 0 Å². The lowest BCUT2D eigenvalue weighted by Gasteiger charge is -2.26. The van der Waals surface area contributed by atoms with Crippen molar-refractivity contribution in [1.82, 2.24) is 4.90 Å². The molecule has 108 valence electrons. The van der Waals surface area contributed by atoms with Crippen LogP contribution in [0.25, 0.3) is 0 Å². The van der Waals surface area contributed by atoms with E-state index in [4.69, 9.17) is 0 Å². The van der Waals surface area contributed by atoms with Crippen LogP contribution in [0.5, 0.6) is 0 Å². The maximum atomic E-state index is 12.0. The first-order chi connectivity index (χ1) is 9.70. The molecule has 1 aromatic carbocycles. The Labute approximate surface area is 124 Å². The molecule has 1 aliphatic heterocycles. The fourth-order valence-electron chi connectivity index (χ4n) is 2.32. The number of hydrogen-bond donors (Lipinski definition) is 0. The topological polar surface area (TPSA) is 37.4 Å². The maximum absolute atomic E-state index is 12.0. The van der Waals surface area contributed by atoms with Gasteiger partial charge in [0.25, 0.3) is 0 Å². The second-order valence-electron chi connectivity index (χ2n) is 5.03. The Kier molecular flexibility index (Phi) is 5.65. The lowest BCUT2D eigenvalue weighted by molar-refractivity contribution is -0.129. The summed E-state index contributed by atoms with van der Waals surface area (Å²) in [4.78, 5) is 26.6. The van der Waals surface area contributed by atoms with Gasteiger partial charge in [0.2, 0.25) is 5.91 Å². The van der Waals surface area contributed by atoms with Crippen molar-refractivity contribution in [3.8, 4) is 0 Å². The van der Waals surface area contributed by atoms with Crippen LogP contribution in [-0.4, -0.2) is 35.4 Å². The largest absolute Gasteiger partial charge is 0.342 e. The number of carbonyl (C=O) groups excluding carboxylic acids is 2. The minimum atomic E-state index is 0.158. The minimum absolute atomic E-state index is 0.158. The highest BCUT2D eigenvalue weighted by atomic mass is 32.2. The average Bonchev–Trinajstić information content (AvgIpc) is 2.53. The molecular weight excluding hydrogens is 270 g/mol. The van der Waals surface area contributed by atoms with Crippen molar-refractivity contribution in [2.75, 3.05) is 18.8 Å². The summed E-state index contributed by atoms with van der Waals surface area (Å²) >= 11 is 1.55. The van der Waals surface area contributed by atoms with Gasteiger partial charge in [-0.15, -0.1) is 11.8 Å². The molecule has 1 saturated heterocycles. The Morgan fingerprint density at radius 1 is 1.10 bits per heavy atom. The number of Topliss-reactive ketones (excluding diaryl/α,β-unsaturated/α-hetero) is 1. The highest BCUT2D eigenvalue weighted by Gasteiger charge is 2.16. The molecule has 1 amide bonds. The third kappa shape index (κ3) is 4.10.